The SMILES string of the molecule is CCC(C)C(C)NS(=O)(=O)c1c(CNC(C)C)n[nH]c1C. The molecule has 3 N–H and O–H groups in total. The molecule has 0 aliphatic heterocycles. The van der Waals surface area contributed by atoms with Crippen LogP contribution in [-0.4, -0.2) is 30.7 Å². The molecule has 6 nitrogen and oxygen atoms in total. The Morgan fingerprint density at radius 3 is 2.38 bits per heavy atom. The molecular weight excluding hydrogens is 288 g/mol. The number of nitrogens with one attached hydrogen (secondary N) is 3. The van der Waals surface area contributed by atoms with Crippen molar-refractivity contribution in [2.75, 3.05) is 0 Å². The third-order valence-corrected chi connectivity index (χ3v) is 5.51. The Kier molecular flexibility index (Phi) is 6.37. The van der Waals surface area contributed by atoms with Crippen LogP contribution in [0.3, 0.4) is 0 Å². The van der Waals surface area contributed by atoms with E-state index >= 15 is 0 Å². The van der Waals surface area contributed by atoms with Gasteiger partial charge < -0.3 is 5.32 Å². The van der Waals surface area contributed by atoms with Crippen LogP contribution in [0, 0.1) is 12.8 Å². The second kappa shape index (κ2) is 7.38. The number of hydrogen-bond donors (Lipinski definition) is 3. The van der Waals surface area contributed by atoms with E-state index in [0.717, 1.165) is 6.42 Å². The van der Waals surface area contributed by atoms with Crippen molar-refractivity contribution < 1.29 is 8.42 Å². The minimum absolute atomic E-state index is 0.111. The van der Waals surface area contributed by atoms with Gasteiger partial charge >= 0.3 is 0 Å². The number of aryl methyl sites for hydroxylation is 1. The summed E-state index contributed by atoms with van der Waals surface area (Å²) in [7, 11) is -3.56. The van der Waals surface area contributed by atoms with Gasteiger partial charge in [0.1, 0.15) is 4.90 Å². The summed E-state index contributed by atoms with van der Waals surface area (Å²) in [4.78, 5) is 0.269. The van der Waals surface area contributed by atoms with Gasteiger partial charge in [-0.2, -0.15) is 5.10 Å². The molecule has 1 aromatic rings. The normalized spacial score (nSPS) is 15.4. The number of hydrogen-bond acceptors (Lipinski definition) is 4. The molecule has 1 rings (SSSR count). The first kappa shape index (κ1) is 18.1. The highest BCUT2D eigenvalue weighted by Crippen LogP contribution is 2.19. The Morgan fingerprint density at radius 2 is 1.86 bits per heavy atom. The van der Waals surface area contributed by atoms with Gasteiger partial charge in [-0.15, -0.1) is 0 Å². The zero-order valence-electron chi connectivity index (χ0n) is 13.8. The molecule has 0 saturated heterocycles. The van der Waals surface area contributed by atoms with Crippen LogP contribution in [-0.2, 0) is 16.6 Å². The summed E-state index contributed by atoms with van der Waals surface area (Å²) >= 11 is 0. The first-order valence-electron chi connectivity index (χ1n) is 7.48. The molecule has 0 aliphatic rings. The van der Waals surface area contributed by atoms with Crippen LogP contribution < -0.4 is 10.0 Å². The molecular formula is C14H28N4O2S. The van der Waals surface area contributed by atoms with Gasteiger partial charge in [-0.05, 0) is 19.8 Å². The van der Waals surface area contributed by atoms with Gasteiger partial charge in [-0.1, -0.05) is 34.1 Å². The molecule has 2 unspecified atom stereocenters. The Balaban J connectivity index is 2.99. The number of rotatable bonds is 8. The first-order chi connectivity index (χ1) is 9.69. The number of sulfonamides is 1. The van der Waals surface area contributed by atoms with E-state index in [-0.39, 0.29) is 22.9 Å². The Hall–Kier alpha value is -0.920. The molecule has 0 bridgehead atoms. The third-order valence-electron chi connectivity index (χ3n) is 3.75. The average molecular weight is 316 g/mol. The van der Waals surface area contributed by atoms with Gasteiger partial charge in [-0.25, -0.2) is 13.1 Å². The second-order valence-corrected chi connectivity index (χ2v) is 7.61. The predicted molar refractivity (Wildman–Crippen MR) is 84.5 cm³/mol. The lowest BCUT2D eigenvalue weighted by Gasteiger charge is -2.20. The number of aromatic amines is 1. The largest absolute Gasteiger partial charge is 0.309 e. The van der Waals surface area contributed by atoms with E-state index in [1.54, 1.807) is 6.92 Å². The predicted octanol–water partition coefficient (Wildman–Crippen LogP) is 1.93. The van der Waals surface area contributed by atoms with Crippen LogP contribution >= 0.6 is 0 Å². The van der Waals surface area contributed by atoms with Crippen molar-refractivity contribution in [1.29, 1.82) is 0 Å². The third kappa shape index (κ3) is 4.79. The highest BCUT2D eigenvalue weighted by atomic mass is 32.2. The van der Waals surface area contributed by atoms with Crippen molar-refractivity contribution in [2.24, 2.45) is 5.92 Å². The fourth-order valence-corrected chi connectivity index (χ4v) is 3.74. The van der Waals surface area contributed by atoms with Gasteiger partial charge in [0.25, 0.3) is 0 Å². The smallest absolute Gasteiger partial charge is 0.244 e. The van der Waals surface area contributed by atoms with Crippen LogP contribution in [0.4, 0.5) is 0 Å². The molecule has 0 aromatic carbocycles. The summed E-state index contributed by atoms with van der Waals surface area (Å²) in [6.45, 7) is 12.2. The monoisotopic (exact) mass is 316 g/mol. The summed E-state index contributed by atoms with van der Waals surface area (Å²) in [6.07, 6.45) is 0.926. The maximum atomic E-state index is 12.6. The number of H-pyrrole nitrogens is 1. The number of aromatic nitrogens is 2. The van der Waals surface area contributed by atoms with Crippen molar-refractivity contribution in [3.05, 3.63) is 11.4 Å². The summed E-state index contributed by atoms with van der Waals surface area (Å²) in [5.41, 5.74) is 1.10. The zero-order chi connectivity index (χ0) is 16.2. The minimum Gasteiger partial charge on any atom is -0.309 e. The maximum Gasteiger partial charge on any atom is 0.244 e. The standard InChI is InChI=1S/C14H28N4O2S/c1-7-10(4)11(5)18-21(19,20)14-12(6)16-17-13(14)8-15-9(2)3/h9-11,15,18H,7-8H2,1-6H3,(H,16,17). The molecule has 1 aromatic heterocycles. The molecule has 0 aliphatic carbocycles. The van der Waals surface area contributed by atoms with Gasteiger partial charge in [0, 0.05) is 18.6 Å². The fraction of sp³-hybridized carbons (Fsp3) is 0.786. The van der Waals surface area contributed by atoms with E-state index in [4.69, 9.17) is 0 Å². The molecule has 7 heteroatoms. The second-order valence-electron chi connectivity index (χ2n) is 5.96. The lowest BCUT2D eigenvalue weighted by Crippen LogP contribution is -2.37. The van der Waals surface area contributed by atoms with E-state index in [9.17, 15) is 8.42 Å². The maximum absolute atomic E-state index is 12.6. The highest BCUT2D eigenvalue weighted by Gasteiger charge is 2.27. The first-order valence-corrected chi connectivity index (χ1v) is 8.96. The average Bonchev–Trinajstić information content (AvgIpc) is 2.76. The summed E-state index contributed by atoms with van der Waals surface area (Å²) in [6, 6.07) is 0.157. The molecule has 0 spiro atoms. The molecule has 1 heterocycles. The molecule has 21 heavy (non-hydrogen) atoms. The molecule has 0 saturated carbocycles. The summed E-state index contributed by atoms with van der Waals surface area (Å²) in [5, 5.41) is 10.1. The lowest BCUT2D eigenvalue weighted by atomic mass is 10.0. The van der Waals surface area contributed by atoms with Crippen molar-refractivity contribution in [3.63, 3.8) is 0 Å². The van der Waals surface area contributed by atoms with Crippen LogP contribution in [0.2, 0.25) is 0 Å². The summed E-state index contributed by atoms with van der Waals surface area (Å²) in [5.74, 6) is 0.282. The van der Waals surface area contributed by atoms with Crippen molar-refractivity contribution >= 4 is 10.0 Å². The molecule has 0 fully saturated rings. The fourth-order valence-electron chi connectivity index (χ4n) is 2.02. The minimum atomic E-state index is -3.56. The van der Waals surface area contributed by atoms with Crippen molar-refractivity contribution in [2.45, 2.75) is 71.5 Å². The Morgan fingerprint density at radius 1 is 1.24 bits per heavy atom. The van der Waals surface area contributed by atoms with Crippen molar-refractivity contribution in [1.82, 2.24) is 20.2 Å². The quantitative estimate of drug-likeness (QED) is 0.684. The molecule has 0 amide bonds. The molecule has 0 radical (unpaired) electrons. The Bertz CT molecular complexity index is 551. The van der Waals surface area contributed by atoms with Crippen LogP contribution in [0.5, 0.6) is 0 Å². The topological polar surface area (TPSA) is 86.9 Å². The van der Waals surface area contributed by atoms with E-state index < -0.39 is 10.0 Å². The van der Waals surface area contributed by atoms with E-state index in [2.05, 4.69) is 27.2 Å². The molecule has 2 atom stereocenters. The van der Waals surface area contributed by atoms with Gasteiger partial charge in [0.05, 0.1) is 11.4 Å². The van der Waals surface area contributed by atoms with Crippen LogP contribution in [0.1, 0.15) is 52.4 Å². The van der Waals surface area contributed by atoms with Crippen molar-refractivity contribution in [3.8, 4) is 0 Å². The highest BCUT2D eigenvalue weighted by molar-refractivity contribution is 7.89. The number of nitrogens with zero attached hydrogens (tertiary/aromatic N) is 1. The summed E-state index contributed by atoms with van der Waals surface area (Å²) < 4.78 is 28.0. The lowest BCUT2D eigenvalue weighted by molar-refractivity contribution is 0.433. The van der Waals surface area contributed by atoms with Gasteiger partial charge in [0.2, 0.25) is 10.0 Å². The zero-order valence-corrected chi connectivity index (χ0v) is 14.6. The van der Waals surface area contributed by atoms with Crippen LogP contribution in [0.25, 0.3) is 0 Å². The van der Waals surface area contributed by atoms with E-state index in [0.29, 0.717) is 17.9 Å². The van der Waals surface area contributed by atoms with Crippen LogP contribution in [0.15, 0.2) is 4.90 Å². The Labute approximate surface area is 128 Å². The molecule has 122 valence electrons. The van der Waals surface area contributed by atoms with E-state index in [1.807, 2.05) is 27.7 Å². The van der Waals surface area contributed by atoms with Gasteiger partial charge in [0.15, 0.2) is 0 Å². The van der Waals surface area contributed by atoms with E-state index in [1.165, 1.54) is 0 Å². The van der Waals surface area contributed by atoms with Gasteiger partial charge in [-0.3, -0.25) is 5.10 Å².